The number of anilines is 1. The van der Waals surface area contributed by atoms with Gasteiger partial charge in [-0.3, -0.25) is 4.79 Å². The Morgan fingerprint density at radius 2 is 2.04 bits per heavy atom. The highest BCUT2D eigenvalue weighted by Gasteiger charge is 2.13. The third-order valence-corrected chi connectivity index (χ3v) is 4.60. The van der Waals surface area contributed by atoms with Crippen molar-refractivity contribution >= 4 is 28.6 Å². The second-order valence-corrected chi connectivity index (χ2v) is 6.34. The average Bonchev–Trinajstić information content (AvgIpc) is 3.26. The van der Waals surface area contributed by atoms with E-state index in [1.54, 1.807) is 0 Å². The van der Waals surface area contributed by atoms with Crippen LogP contribution in [0.4, 0.5) is 5.69 Å². The van der Waals surface area contributed by atoms with E-state index in [0.717, 1.165) is 28.2 Å². The van der Waals surface area contributed by atoms with Gasteiger partial charge in [0, 0.05) is 23.3 Å². The number of benzene rings is 1. The summed E-state index contributed by atoms with van der Waals surface area (Å²) in [5.41, 5.74) is 5.21. The van der Waals surface area contributed by atoms with Gasteiger partial charge in [0.2, 0.25) is 0 Å². The molecule has 118 valence electrons. The highest BCUT2D eigenvalue weighted by atomic mass is 32.1. The van der Waals surface area contributed by atoms with Crippen molar-refractivity contribution in [2.24, 2.45) is 0 Å². The number of carbonyl (C=O) groups excluding carboxylic acids is 1. The molecule has 0 atom stereocenters. The molecule has 0 unspecified atom stereocenters. The summed E-state index contributed by atoms with van der Waals surface area (Å²) in [5, 5.41) is 6.72. The molecular formula is C19H15N3OS. The topological polar surface area (TPSA) is 46.4 Å². The third-order valence-electron chi connectivity index (χ3n) is 3.91. The molecule has 4 nitrogen and oxygen atoms in total. The molecule has 5 heteroatoms. The summed E-state index contributed by atoms with van der Waals surface area (Å²) < 4.78 is 2.00. The van der Waals surface area contributed by atoms with Gasteiger partial charge in [0.15, 0.2) is 0 Å². The number of nitrogens with zero attached hydrogens (tertiary/aromatic N) is 2. The zero-order valence-electron chi connectivity index (χ0n) is 13.1. The zero-order chi connectivity index (χ0) is 16.5. The number of pyridine rings is 1. The summed E-state index contributed by atoms with van der Waals surface area (Å²) in [7, 11) is 0. The number of para-hydroxylation sites is 1. The van der Waals surface area contributed by atoms with Crippen molar-refractivity contribution in [1.82, 2.24) is 9.38 Å². The first-order chi connectivity index (χ1) is 11.7. The van der Waals surface area contributed by atoms with Crippen LogP contribution in [-0.2, 0) is 0 Å². The van der Waals surface area contributed by atoms with Crippen LogP contribution in [0, 0.1) is 6.92 Å². The monoisotopic (exact) mass is 333 g/mol. The molecular weight excluding hydrogens is 318 g/mol. The number of imidazole rings is 1. The van der Waals surface area contributed by atoms with E-state index in [-0.39, 0.29) is 5.91 Å². The van der Waals surface area contributed by atoms with Crippen LogP contribution >= 0.6 is 11.3 Å². The van der Waals surface area contributed by atoms with Gasteiger partial charge < -0.3 is 9.72 Å². The summed E-state index contributed by atoms with van der Waals surface area (Å²) in [6, 6.07) is 13.6. The average molecular weight is 333 g/mol. The Labute approximate surface area is 143 Å². The van der Waals surface area contributed by atoms with Crippen LogP contribution in [0.3, 0.4) is 0 Å². The highest BCUT2D eigenvalue weighted by Crippen LogP contribution is 2.28. The van der Waals surface area contributed by atoms with Crippen molar-refractivity contribution in [3.63, 3.8) is 0 Å². The minimum Gasteiger partial charge on any atom is -0.321 e. The van der Waals surface area contributed by atoms with Gasteiger partial charge in [0.25, 0.3) is 5.91 Å². The molecule has 0 aliphatic rings. The molecule has 4 aromatic rings. The fourth-order valence-corrected chi connectivity index (χ4v) is 3.32. The highest BCUT2D eigenvalue weighted by molar-refractivity contribution is 7.08. The van der Waals surface area contributed by atoms with Crippen LogP contribution in [0.5, 0.6) is 0 Å². The molecule has 0 spiro atoms. The van der Waals surface area contributed by atoms with Gasteiger partial charge in [-0.05, 0) is 36.1 Å². The molecule has 0 fully saturated rings. The first-order valence-corrected chi connectivity index (χ1v) is 8.54. The van der Waals surface area contributed by atoms with E-state index in [9.17, 15) is 4.79 Å². The normalized spacial score (nSPS) is 10.9. The van der Waals surface area contributed by atoms with Crippen LogP contribution in [-0.4, -0.2) is 15.3 Å². The minimum absolute atomic E-state index is 0.108. The second kappa shape index (κ2) is 5.94. The Kier molecular flexibility index (Phi) is 3.63. The molecule has 3 heterocycles. The van der Waals surface area contributed by atoms with Gasteiger partial charge in [-0.1, -0.05) is 24.3 Å². The summed E-state index contributed by atoms with van der Waals surface area (Å²) in [5.74, 6) is -0.108. The molecule has 0 aliphatic heterocycles. The predicted molar refractivity (Wildman–Crippen MR) is 97.6 cm³/mol. The van der Waals surface area contributed by atoms with E-state index in [2.05, 4.69) is 5.32 Å². The SMILES string of the molecule is Cc1cccn2cc(-c3ccccc3NC(=O)c3ccsc3)nc12. The smallest absolute Gasteiger partial charge is 0.256 e. The van der Waals surface area contributed by atoms with E-state index < -0.39 is 0 Å². The number of thiophene rings is 1. The number of nitrogens with one attached hydrogen (secondary N) is 1. The molecule has 4 rings (SSSR count). The molecule has 24 heavy (non-hydrogen) atoms. The third kappa shape index (κ3) is 2.59. The van der Waals surface area contributed by atoms with Crippen molar-refractivity contribution in [2.45, 2.75) is 6.92 Å². The molecule has 0 radical (unpaired) electrons. The quantitative estimate of drug-likeness (QED) is 0.594. The van der Waals surface area contributed by atoms with Crippen molar-refractivity contribution < 1.29 is 4.79 Å². The van der Waals surface area contributed by atoms with Gasteiger partial charge in [-0.15, -0.1) is 0 Å². The van der Waals surface area contributed by atoms with Crippen molar-refractivity contribution in [2.75, 3.05) is 5.32 Å². The number of hydrogen-bond acceptors (Lipinski definition) is 3. The van der Waals surface area contributed by atoms with Gasteiger partial charge in [-0.2, -0.15) is 11.3 Å². The maximum Gasteiger partial charge on any atom is 0.256 e. The molecule has 0 aliphatic carbocycles. The van der Waals surface area contributed by atoms with Crippen molar-refractivity contribution in [1.29, 1.82) is 0 Å². The lowest BCUT2D eigenvalue weighted by atomic mass is 10.1. The standard InChI is InChI=1S/C19H15N3OS/c1-13-5-4-9-22-11-17(20-18(13)22)15-6-2-3-7-16(15)21-19(23)14-8-10-24-12-14/h2-12H,1H3,(H,21,23). The van der Waals surface area contributed by atoms with Crippen LogP contribution < -0.4 is 5.32 Å². The van der Waals surface area contributed by atoms with Crippen LogP contribution in [0.15, 0.2) is 65.6 Å². The molecule has 1 aromatic carbocycles. The Morgan fingerprint density at radius 1 is 1.17 bits per heavy atom. The number of aryl methyl sites for hydroxylation is 1. The lowest BCUT2D eigenvalue weighted by Gasteiger charge is -2.08. The van der Waals surface area contributed by atoms with Crippen LogP contribution in [0.2, 0.25) is 0 Å². The second-order valence-electron chi connectivity index (χ2n) is 5.56. The Bertz CT molecular complexity index is 1020. The van der Waals surface area contributed by atoms with Gasteiger partial charge in [-0.25, -0.2) is 4.98 Å². The molecule has 3 aromatic heterocycles. The molecule has 0 bridgehead atoms. The Balaban J connectivity index is 1.75. The largest absolute Gasteiger partial charge is 0.321 e. The van der Waals surface area contributed by atoms with E-state index in [1.165, 1.54) is 11.3 Å². The minimum atomic E-state index is -0.108. The van der Waals surface area contributed by atoms with E-state index in [1.807, 2.05) is 76.9 Å². The van der Waals surface area contributed by atoms with Crippen LogP contribution in [0.1, 0.15) is 15.9 Å². The van der Waals surface area contributed by atoms with Crippen molar-refractivity contribution in [3.05, 3.63) is 76.7 Å². The maximum absolute atomic E-state index is 12.4. The fourth-order valence-electron chi connectivity index (χ4n) is 2.69. The first kappa shape index (κ1) is 14.7. The number of aromatic nitrogens is 2. The fraction of sp³-hybridized carbons (Fsp3) is 0.0526. The van der Waals surface area contributed by atoms with Gasteiger partial charge in [0.1, 0.15) is 5.65 Å². The molecule has 1 amide bonds. The van der Waals surface area contributed by atoms with E-state index in [4.69, 9.17) is 4.98 Å². The van der Waals surface area contributed by atoms with E-state index in [0.29, 0.717) is 5.56 Å². The Hall–Kier alpha value is -2.92. The summed E-state index contributed by atoms with van der Waals surface area (Å²) in [4.78, 5) is 17.1. The lowest BCUT2D eigenvalue weighted by molar-refractivity contribution is 0.102. The lowest BCUT2D eigenvalue weighted by Crippen LogP contribution is -2.11. The number of hydrogen-bond donors (Lipinski definition) is 1. The molecule has 1 N–H and O–H groups in total. The summed E-state index contributed by atoms with van der Waals surface area (Å²) in [6.07, 6.45) is 3.96. The maximum atomic E-state index is 12.4. The van der Waals surface area contributed by atoms with Gasteiger partial charge >= 0.3 is 0 Å². The summed E-state index contributed by atoms with van der Waals surface area (Å²) >= 11 is 1.51. The van der Waals surface area contributed by atoms with E-state index >= 15 is 0 Å². The number of carbonyl (C=O) groups is 1. The van der Waals surface area contributed by atoms with Gasteiger partial charge in [0.05, 0.1) is 16.9 Å². The number of amides is 1. The first-order valence-electron chi connectivity index (χ1n) is 7.59. The molecule has 0 saturated heterocycles. The molecule has 0 saturated carbocycles. The Morgan fingerprint density at radius 3 is 2.83 bits per heavy atom. The number of fused-ring (bicyclic) bond motifs is 1. The zero-order valence-corrected chi connectivity index (χ0v) is 13.9. The summed E-state index contributed by atoms with van der Waals surface area (Å²) in [6.45, 7) is 2.04. The number of rotatable bonds is 3. The predicted octanol–water partition coefficient (Wildman–Crippen LogP) is 4.62. The van der Waals surface area contributed by atoms with Crippen LogP contribution in [0.25, 0.3) is 16.9 Å². The van der Waals surface area contributed by atoms with Crippen molar-refractivity contribution in [3.8, 4) is 11.3 Å².